The highest BCUT2D eigenvalue weighted by Gasteiger charge is 2.68. The van der Waals surface area contributed by atoms with Crippen molar-refractivity contribution >= 4 is 17.3 Å². The van der Waals surface area contributed by atoms with E-state index < -0.39 is 17.1 Å². The van der Waals surface area contributed by atoms with E-state index in [9.17, 15) is 9.59 Å². The van der Waals surface area contributed by atoms with Crippen LogP contribution in [0.15, 0.2) is 72.8 Å². The summed E-state index contributed by atoms with van der Waals surface area (Å²) in [7, 11) is 0. The number of allylic oxidation sites excluding steroid dienone is 1. The van der Waals surface area contributed by atoms with E-state index in [1.165, 1.54) is 12.2 Å². The average molecular weight is 333 g/mol. The van der Waals surface area contributed by atoms with Crippen LogP contribution >= 0.6 is 0 Å². The van der Waals surface area contributed by atoms with E-state index in [2.05, 4.69) is 0 Å². The lowest BCUT2D eigenvalue weighted by molar-refractivity contribution is -0.151. The van der Waals surface area contributed by atoms with Gasteiger partial charge in [0.2, 0.25) is 0 Å². The Bertz CT molecular complexity index is 861. The number of anilines is 1. The van der Waals surface area contributed by atoms with Crippen molar-refractivity contribution in [2.75, 3.05) is 5.06 Å². The lowest BCUT2D eigenvalue weighted by Crippen LogP contribution is -2.55. The van der Waals surface area contributed by atoms with Crippen LogP contribution < -0.4 is 5.06 Å². The molecule has 0 radical (unpaired) electrons. The quantitative estimate of drug-likeness (QED) is 0.841. The molecule has 4 rings (SSSR count). The lowest BCUT2D eigenvalue weighted by Gasteiger charge is -2.39. The molecule has 1 fully saturated rings. The molecule has 0 bridgehead atoms. The minimum absolute atomic E-state index is 0.0955. The molecular weight excluding hydrogens is 314 g/mol. The Hall–Kier alpha value is -2.72. The molecule has 0 amide bonds. The SMILES string of the molecule is CC12ON(c3ccccc3)C(c3ccccc3)C1(C)C(=O)C=CC2=O. The fourth-order valence-electron chi connectivity index (χ4n) is 3.87. The molecule has 4 nitrogen and oxygen atoms in total. The number of nitrogens with zero attached hydrogens (tertiary/aromatic N) is 1. The van der Waals surface area contributed by atoms with Crippen molar-refractivity contribution in [1.29, 1.82) is 0 Å². The van der Waals surface area contributed by atoms with Gasteiger partial charge in [-0.3, -0.25) is 14.4 Å². The molecule has 2 aliphatic rings. The second-order valence-electron chi connectivity index (χ2n) is 6.86. The molecule has 25 heavy (non-hydrogen) atoms. The van der Waals surface area contributed by atoms with E-state index in [0.717, 1.165) is 11.3 Å². The first kappa shape index (κ1) is 15.8. The van der Waals surface area contributed by atoms with Crippen LogP contribution in [-0.4, -0.2) is 17.2 Å². The Morgan fingerprint density at radius 2 is 1.40 bits per heavy atom. The third kappa shape index (κ3) is 2.04. The maximum Gasteiger partial charge on any atom is 0.191 e. The van der Waals surface area contributed by atoms with Gasteiger partial charge in [0.1, 0.15) is 0 Å². The summed E-state index contributed by atoms with van der Waals surface area (Å²) >= 11 is 0. The van der Waals surface area contributed by atoms with E-state index in [-0.39, 0.29) is 11.6 Å². The molecule has 3 unspecified atom stereocenters. The Kier molecular flexibility index (Phi) is 3.41. The summed E-state index contributed by atoms with van der Waals surface area (Å²) in [5, 5.41) is 1.72. The molecule has 2 aromatic rings. The second kappa shape index (κ2) is 5.39. The molecule has 2 aromatic carbocycles. The van der Waals surface area contributed by atoms with Gasteiger partial charge in [-0.1, -0.05) is 48.5 Å². The fraction of sp³-hybridized carbons (Fsp3) is 0.238. The minimum atomic E-state index is -1.24. The van der Waals surface area contributed by atoms with E-state index in [0.29, 0.717) is 0 Å². The topological polar surface area (TPSA) is 46.6 Å². The number of hydrogen-bond acceptors (Lipinski definition) is 4. The molecule has 0 spiro atoms. The monoisotopic (exact) mass is 333 g/mol. The molecule has 3 atom stereocenters. The van der Waals surface area contributed by atoms with E-state index in [4.69, 9.17) is 4.84 Å². The summed E-state index contributed by atoms with van der Waals surface area (Å²) in [5.74, 6) is -0.282. The van der Waals surface area contributed by atoms with Crippen molar-refractivity contribution in [1.82, 2.24) is 0 Å². The zero-order chi connectivity index (χ0) is 17.7. The summed E-state index contributed by atoms with van der Waals surface area (Å²) in [4.78, 5) is 31.9. The van der Waals surface area contributed by atoms with Crippen molar-refractivity contribution in [3.63, 3.8) is 0 Å². The summed E-state index contributed by atoms with van der Waals surface area (Å²) in [6.07, 6.45) is 2.72. The van der Waals surface area contributed by atoms with Gasteiger partial charge in [0.05, 0.1) is 17.1 Å². The maximum atomic E-state index is 13.0. The van der Waals surface area contributed by atoms with Crippen molar-refractivity contribution < 1.29 is 14.4 Å². The van der Waals surface area contributed by atoms with E-state index >= 15 is 0 Å². The third-order valence-electron chi connectivity index (χ3n) is 5.55. The Morgan fingerprint density at radius 3 is 2.04 bits per heavy atom. The first-order chi connectivity index (χ1) is 12.0. The Morgan fingerprint density at radius 1 is 0.840 bits per heavy atom. The number of rotatable bonds is 2. The van der Waals surface area contributed by atoms with Crippen LogP contribution in [0.3, 0.4) is 0 Å². The van der Waals surface area contributed by atoms with Gasteiger partial charge >= 0.3 is 0 Å². The molecule has 0 aromatic heterocycles. The van der Waals surface area contributed by atoms with Crippen LogP contribution in [0, 0.1) is 5.41 Å². The predicted molar refractivity (Wildman–Crippen MR) is 94.9 cm³/mol. The molecule has 1 aliphatic carbocycles. The Balaban J connectivity index is 1.95. The van der Waals surface area contributed by atoms with Crippen LogP contribution in [0.4, 0.5) is 5.69 Å². The zero-order valence-corrected chi connectivity index (χ0v) is 14.2. The van der Waals surface area contributed by atoms with Crippen molar-refractivity contribution in [3.8, 4) is 0 Å². The number of benzene rings is 2. The standard InChI is InChI=1S/C21H19NO3/c1-20-17(23)13-14-18(24)21(20,2)25-22(16-11-7-4-8-12-16)19(20)15-9-5-3-6-10-15/h3-14,19H,1-2H3. The molecule has 1 saturated heterocycles. The van der Waals surface area contributed by atoms with Gasteiger partial charge in [-0.15, -0.1) is 0 Å². The molecule has 4 heteroatoms. The van der Waals surface area contributed by atoms with Crippen LogP contribution in [0.1, 0.15) is 25.5 Å². The van der Waals surface area contributed by atoms with Crippen LogP contribution in [0.25, 0.3) is 0 Å². The smallest absolute Gasteiger partial charge is 0.191 e. The molecule has 1 aliphatic heterocycles. The number of hydrogen-bond donors (Lipinski definition) is 0. The number of carbonyl (C=O) groups excluding carboxylic acids is 2. The van der Waals surface area contributed by atoms with Gasteiger partial charge < -0.3 is 0 Å². The van der Waals surface area contributed by atoms with Gasteiger partial charge in [-0.05, 0) is 43.7 Å². The second-order valence-corrected chi connectivity index (χ2v) is 6.86. The molecule has 126 valence electrons. The highest BCUT2D eigenvalue weighted by Crippen LogP contribution is 2.58. The number of fused-ring (bicyclic) bond motifs is 1. The van der Waals surface area contributed by atoms with Gasteiger partial charge in [0.25, 0.3) is 0 Å². The minimum Gasteiger partial charge on any atom is -0.294 e. The van der Waals surface area contributed by atoms with Gasteiger partial charge in [0.15, 0.2) is 17.2 Å². The first-order valence-corrected chi connectivity index (χ1v) is 8.34. The number of ketones is 2. The third-order valence-corrected chi connectivity index (χ3v) is 5.55. The number of para-hydroxylation sites is 1. The lowest BCUT2D eigenvalue weighted by atomic mass is 9.61. The number of hydroxylamine groups is 1. The highest BCUT2D eigenvalue weighted by molar-refractivity contribution is 6.13. The molecule has 0 saturated carbocycles. The summed E-state index contributed by atoms with van der Waals surface area (Å²) in [6.45, 7) is 3.55. The normalized spacial score (nSPS) is 31.3. The van der Waals surface area contributed by atoms with E-state index in [1.807, 2.05) is 67.6 Å². The van der Waals surface area contributed by atoms with Crippen LogP contribution in [-0.2, 0) is 14.4 Å². The fourth-order valence-corrected chi connectivity index (χ4v) is 3.87. The van der Waals surface area contributed by atoms with Crippen LogP contribution in [0.5, 0.6) is 0 Å². The average Bonchev–Trinajstić information content (AvgIpc) is 2.91. The molecule has 0 N–H and O–H groups in total. The summed E-state index contributed by atoms with van der Waals surface area (Å²) < 4.78 is 0. The molecular formula is C21H19NO3. The zero-order valence-electron chi connectivity index (χ0n) is 14.2. The predicted octanol–water partition coefficient (Wildman–Crippen LogP) is 3.65. The first-order valence-electron chi connectivity index (χ1n) is 8.34. The maximum absolute atomic E-state index is 13.0. The van der Waals surface area contributed by atoms with Gasteiger partial charge in [0, 0.05) is 0 Å². The van der Waals surface area contributed by atoms with Crippen LogP contribution in [0.2, 0.25) is 0 Å². The van der Waals surface area contributed by atoms with Crippen molar-refractivity contribution in [2.24, 2.45) is 5.41 Å². The highest BCUT2D eigenvalue weighted by atomic mass is 16.7. The van der Waals surface area contributed by atoms with Crippen molar-refractivity contribution in [2.45, 2.75) is 25.5 Å². The van der Waals surface area contributed by atoms with E-state index in [1.54, 1.807) is 12.0 Å². The largest absolute Gasteiger partial charge is 0.294 e. The van der Waals surface area contributed by atoms with Gasteiger partial charge in [-0.25, -0.2) is 5.06 Å². The molecule has 1 heterocycles. The summed E-state index contributed by atoms with van der Waals surface area (Å²) in [6, 6.07) is 18.9. The van der Waals surface area contributed by atoms with Gasteiger partial charge in [-0.2, -0.15) is 0 Å². The summed E-state index contributed by atoms with van der Waals surface area (Å²) in [5.41, 5.74) is -0.506. The number of carbonyl (C=O) groups is 2. The van der Waals surface area contributed by atoms with Crippen molar-refractivity contribution in [3.05, 3.63) is 78.4 Å². The Labute approximate surface area is 146 Å².